The van der Waals surface area contributed by atoms with Crippen LogP contribution in [-0.2, 0) is 0 Å². The van der Waals surface area contributed by atoms with Crippen LogP contribution in [0.2, 0.25) is 5.02 Å². The van der Waals surface area contributed by atoms with Crippen LogP contribution in [0.25, 0.3) is 16.9 Å². The minimum atomic E-state index is 0.756. The van der Waals surface area contributed by atoms with E-state index >= 15 is 0 Å². The number of hydrogen-bond acceptors (Lipinski definition) is 1. The van der Waals surface area contributed by atoms with E-state index in [9.17, 15) is 0 Å². The molecule has 0 saturated heterocycles. The summed E-state index contributed by atoms with van der Waals surface area (Å²) in [6, 6.07) is 18.2. The van der Waals surface area contributed by atoms with Crippen molar-refractivity contribution >= 4 is 11.6 Å². The van der Waals surface area contributed by atoms with Gasteiger partial charge >= 0.3 is 0 Å². The van der Waals surface area contributed by atoms with Gasteiger partial charge in [-0.25, -0.2) is 4.68 Å². The third-order valence-electron chi connectivity index (χ3n) is 3.11. The van der Waals surface area contributed by atoms with Gasteiger partial charge in [0.1, 0.15) is 0 Å². The number of rotatable bonds is 2. The molecule has 0 aliphatic rings. The minimum Gasteiger partial charge on any atom is -0.233 e. The van der Waals surface area contributed by atoms with E-state index in [1.165, 1.54) is 0 Å². The lowest BCUT2D eigenvalue weighted by atomic mass is 10.1. The van der Waals surface area contributed by atoms with Crippen molar-refractivity contribution in [1.29, 1.82) is 0 Å². The van der Waals surface area contributed by atoms with Crippen LogP contribution in [-0.4, -0.2) is 9.78 Å². The Morgan fingerprint density at radius 3 is 2.53 bits per heavy atom. The molecule has 1 heterocycles. The molecule has 0 bridgehead atoms. The van der Waals surface area contributed by atoms with Crippen LogP contribution in [0.5, 0.6) is 0 Å². The monoisotopic (exact) mass is 268 g/mol. The summed E-state index contributed by atoms with van der Waals surface area (Å²) in [7, 11) is 0. The fourth-order valence-electron chi connectivity index (χ4n) is 2.05. The molecule has 0 N–H and O–H groups in total. The first-order chi connectivity index (χ1) is 9.25. The van der Waals surface area contributed by atoms with Gasteiger partial charge in [-0.3, -0.25) is 0 Å². The number of halogens is 1. The predicted octanol–water partition coefficient (Wildman–Crippen LogP) is 4.50. The van der Waals surface area contributed by atoms with Crippen LogP contribution in [0.4, 0.5) is 0 Å². The molecule has 0 amide bonds. The van der Waals surface area contributed by atoms with Crippen molar-refractivity contribution in [2.45, 2.75) is 6.92 Å². The maximum absolute atomic E-state index is 6.19. The van der Waals surface area contributed by atoms with Crippen molar-refractivity contribution in [2.75, 3.05) is 0 Å². The molecule has 0 aliphatic carbocycles. The summed E-state index contributed by atoms with van der Waals surface area (Å²) in [6.07, 6.45) is 1.80. The Kier molecular flexibility index (Phi) is 3.10. The molecular weight excluding hydrogens is 256 g/mol. The summed E-state index contributed by atoms with van der Waals surface area (Å²) in [5.41, 5.74) is 4.23. The molecular formula is C16H13ClN2. The number of benzene rings is 2. The summed E-state index contributed by atoms with van der Waals surface area (Å²) in [6.45, 7) is 1.99. The first-order valence-corrected chi connectivity index (χ1v) is 6.49. The molecule has 3 rings (SSSR count). The van der Waals surface area contributed by atoms with Gasteiger partial charge in [-0.05, 0) is 30.7 Å². The molecule has 0 unspecified atom stereocenters. The van der Waals surface area contributed by atoms with E-state index in [4.69, 9.17) is 11.6 Å². The average molecular weight is 269 g/mol. The van der Waals surface area contributed by atoms with Crippen molar-refractivity contribution < 1.29 is 0 Å². The standard InChI is InChI=1S/C16H13ClN2/c1-12-7-8-14(11-15(12)17)19-16(9-10-18-19)13-5-3-2-4-6-13/h2-11H,1H3. The van der Waals surface area contributed by atoms with E-state index in [1.807, 2.05) is 54.1 Å². The summed E-state index contributed by atoms with van der Waals surface area (Å²) < 4.78 is 1.90. The Morgan fingerprint density at radius 2 is 1.79 bits per heavy atom. The van der Waals surface area contributed by atoms with Crippen molar-refractivity contribution in [2.24, 2.45) is 0 Å². The van der Waals surface area contributed by atoms with Gasteiger partial charge in [0.2, 0.25) is 0 Å². The van der Waals surface area contributed by atoms with E-state index in [1.54, 1.807) is 6.20 Å². The topological polar surface area (TPSA) is 17.8 Å². The summed E-state index contributed by atoms with van der Waals surface area (Å²) in [4.78, 5) is 0. The molecule has 0 radical (unpaired) electrons. The molecule has 94 valence electrons. The van der Waals surface area contributed by atoms with Crippen molar-refractivity contribution in [3.05, 3.63) is 71.4 Å². The molecule has 3 aromatic rings. The van der Waals surface area contributed by atoms with Gasteiger partial charge in [0.15, 0.2) is 0 Å². The maximum atomic E-state index is 6.19. The molecule has 3 heteroatoms. The van der Waals surface area contributed by atoms with Gasteiger partial charge in [-0.15, -0.1) is 0 Å². The molecule has 0 atom stereocenters. The number of hydrogen-bond donors (Lipinski definition) is 0. The molecule has 19 heavy (non-hydrogen) atoms. The molecule has 1 aromatic heterocycles. The van der Waals surface area contributed by atoms with Crippen molar-refractivity contribution in [3.8, 4) is 16.9 Å². The zero-order valence-electron chi connectivity index (χ0n) is 10.5. The second-order valence-electron chi connectivity index (χ2n) is 4.43. The Hall–Kier alpha value is -2.06. The highest BCUT2D eigenvalue weighted by atomic mass is 35.5. The summed E-state index contributed by atoms with van der Waals surface area (Å²) in [5, 5.41) is 5.15. The van der Waals surface area contributed by atoms with E-state index in [0.29, 0.717) is 0 Å². The Bertz CT molecular complexity index is 702. The predicted molar refractivity (Wildman–Crippen MR) is 78.7 cm³/mol. The molecule has 0 spiro atoms. The average Bonchev–Trinajstić information content (AvgIpc) is 2.92. The number of nitrogens with zero attached hydrogens (tertiary/aromatic N) is 2. The van der Waals surface area contributed by atoms with Gasteiger partial charge in [0, 0.05) is 10.6 Å². The summed E-state index contributed by atoms with van der Waals surface area (Å²) in [5.74, 6) is 0. The van der Waals surface area contributed by atoms with Crippen molar-refractivity contribution in [1.82, 2.24) is 9.78 Å². The third kappa shape index (κ3) is 2.27. The van der Waals surface area contributed by atoms with Gasteiger partial charge < -0.3 is 0 Å². The lowest BCUT2D eigenvalue weighted by molar-refractivity contribution is 0.887. The third-order valence-corrected chi connectivity index (χ3v) is 3.52. The molecule has 0 saturated carbocycles. The van der Waals surface area contributed by atoms with Crippen LogP contribution in [0.1, 0.15) is 5.56 Å². The zero-order valence-corrected chi connectivity index (χ0v) is 11.3. The fraction of sp³-hybridized carbons (Fsp3) is 0.0625. The fourth-order valence-corrected chi connectivity index (χ4v) is 2.22. The lowest BCUT2D eigenvalue weighted by Gasteiger charge is -2.09. The smallest absolute Gasteiger partial charge is 0.0740 e. The van der Waals surface area contributed by atoms with E-state index < -0.39 is 0 Å². The second-order valence-corrected chi connectivity index (χ2v) is 4.83. The van der Waals surface area contributed by atoms with Crippen LogP contribution in [0.3, 0.4) is 0 Å². The SMILES string of the molecule is Cc1ccc(-n2nccc2-c2ccccc2)cc1Cl. The molecule has 2 aromatic carbocycles. The second kappa shape index (κ2) is 4.90. The molecule has 0 aliphatic heterocycles. The van der Waals surface area contributed by atoms with Crippen LogP contribution < -0.4 is 0 Å². The Balaban J connectivity index is 2.12. The zero-order chi connectivity index (χ0) is 13.2. The number of aromatic nitrogens is 2. The van der Waals surface area contributed by atoms with Gasteiger partial charge in [-0.1, -0.05) is 48.0 Å². The highest BCUT2D eigenvalue weighted by Crippen LogP contribution is 2.24. The first kappa shape index (κ1) is 12.0. The molecule has 2 nitrogen and oxygen atoms in total. The van der Waals surface area contributed by atoms with E-state index in [0.717, 1.165) is 27.5 Å². The minimum absolute atomic E-state index is 0.756. The lowest BCUT2D eigenvalue weighted by Crippen LogP contribution is -1.99. The van der Waals surface area contributed by atoms with Crippen LogP contribution in [0, 0.1) is 6.92 Å². The molecule has 0 fully saturated rings. The van der Waals surface area contributed by atoms with Crippen LogP contribution in [0.15, 0.2) is 60.8 Å². The first-order valence-electron chi connectivity index (χ1n) is 6.12. The highest BCUT2D eigenvalue weighted by Gasteiger charge is 2.08. The van der Waals surface area contributed by atoms with Gasteiger partial charge in [0.25, 0.3) is 0 Å². The maximum Gasteiger partial charge on any atom is 0.0740 e. The normalized spacial score (nSPS) is 10.6. The Morgan fingerprint density at radius 1 is 1.00 bits per heavy atom. The largest absolute Gasteiger partial charge is 0.233 e. The summed E-state index contributed by atoms with van der Waals surface area (Å²) >= 11 is 6.19. The quantitative estimate of drug-likeness (QED) is 0.669. The van der Waals surface area contributed by atoms with E-state index in [-0.39, 0.29) is 0 Å². The Labute approximate surface area is 117 Å². The van der Waals surface area contributed by atoms with Crippen LogP contribution >= 0.6 is 11.6 Å². The van der Waals surface area contributed by atoms with Gasteiger partial charge in [-0.2, -0.15) is 5.10 Å². The van der Waals surface area contributed by atoms with Crippen molar-refractivity contribution in [3.63, 3.8) is 0 Å². The number of aryl methyl sites for hydroxylation is 1. The van der Waals surface area contributed by atoms with E-state index in [2.05, 4.69) is 17.2 Å². The van der Waals surface area contributed by atoms with Gasteiger partial charge in [0.05, 0.1) is 17.6 Å². The highest BCUT2D eigenvalue weighted by molar-refractivity contribution is 6.31.